The second-order valence-corrected chi connectivity index (χ2v) is 6.40. The first-order valence-electron chi connectivity index (χ1n) is 10.0. The molecule has 4 heteroatoms. The van der Waals surface area contributed by atoms with Crippen LogP contribution >= 0.6 is 0 Å². The minimum Gasteiger partial charge on any atom is -0.477 e. The molecule has 0 aromatic heterocycles. The molecule has 1 aromatic rings. The monoisotopic (exact) mass is 368 g/mol. The number of halogens is 2. The Labute approximate surface area is 157 Å². The van der Waals surface area contributed by atoms with Crippen LogP contribution in [-0.4, -0.2) is 18.8 Å². The second-order valence-electron chi connectivity index (χ2n) is 6.40. The molecule has 0 heterocycles. The Hall–Kier alpha value is -1.42. The molecule has 1 aliphatic carbocycles. The van der Waals surface area contributed by atoms with Gasteiger partial charge in [-0.3, -0.25) is 0 Å². The fourth-order valence-electron chi connectivity index (χ4n) is 3.03. The summed E-state index contributed by atoms with van der Waals surface area (Å²) in [6.07, 6.45) is 8.88. The van der Waals surface area contributed by atoms with Crippen molar-refractivity contribution in [2.24, 2.45) is 0 Å². The van der Waals surface area contributed by atoms with Crippen LogP contribution in [0.25, 0.3) is 0 Å². The zero-order valence-electron chi connectivity index (χ0n) is 16.7. The highest BCUT2D eigenvalue weighted by molar-refractivity contribution is 5.28. The Morgan fingerprint density at radius 3 is 2.35 bits per heavy atom. The summed E-state index contributed by atoms with van der Waals surface area (Å²) in [5.41, 5.74) is 1.08. The first-order valence-corrected chi connectivity index (χ1v) is 10.0. The van der Waals surface area contributed by atoms with E-state index in [-0.39, 0.29) is 11.9 Å². The first kappa shape index (κ1) is 22.6. The van der Waals surface area contributed by atoms with Gasteiger partial charge in [0, 0.05) is 6.61 Å². The van der Waals surface area contributed by atoms with Crippen molar-refractivity contribution in [2.75, 3.05) is 6.61 Å². The lowest BCUT2D eigenvalue weighted by atomic mass is 10.0. The van der Waals surface area contributed by atoms with Gasteiger partial charge in [0.05, 0.1) is 6.10 Å². The summed E-state index contributed by atoms with van der Waals surface area (Å²) in [7, 11) is 0. The van der Waals surface area contributed by atoms with Gasteiger partial charge in [0.25, 0.3) is 0 Å². The smallest absolute Gasteiger partial charge is 0.191 e. The minimum absolute atomic E-state index is 0.241. The van der Waals surface area contributed by atoms with Gasteiger partial charge in [0.2, 0.25) is 0 Å². The number of benzene rings is 1. The summed E-state index contributed by atoms with van der Waals surface area (Å²) >= 11 is 0. The van der Waals surface area contributed by atoms with E-state index in [9.17, 15) is 8.78 Å². The highest BCUT2D eigenvalue weighted by atomic mass is 19.1. The molecule has 1 aliphatic rings. The third-order valence-corrected chi connectivity index (χ3v) is 4.41. The Balaban J connectivity index is 0.00000163. The lowest BCUT2D eigenvalue weighted by Gasteiger charge is -2.27. The fourth-order valence-corrected chi connectivity index (χ4v) is 3.03. The van der Waals surface area contributed by atoms with Crippen molar-refractivity contribution in [3.63, 3.8) is 0 Å². The SMILES string of the molecule is CC.CCCCCCOC(C)C(Oc1c(F)cccc1F)C1=CCCC1. The van der Waals surface area contributed by atoms with Gasteiger partial charge < -0.3 is 9.47 Å². The van der Waals surface area contributed by atoms with Gasteiger partial charge in [-0.05, 0) is 50.3 Å². The van der Waals surface area contributed by atoms with Crippen LogP contribution in [0.5, 0.6) is 5.75 Å². The van der Waals surface area contributed by atoms with Crippen LogP contribution < -0.4 is 4.74 Å². The first-order chi connectivity index (χ1) is 12.6. The molecule has 0 N–H and O–H groups in total. The predicted octanol–water partition coefficient (Wildman–Crippen LogP) is 6.83. The number of hydrogen-bond acceptors (Lipinski definition) is 2. The molecular formula is C22H34F2O2. The molecule has 0 amide bonds. The van der Waals surface area contributed by atoms with Crippen LogP contribution in [-0.2, 0) is 4.74 Å². The molecule has 0 saturated carbocycles. The zero-order chi connectivity index (χ0) is 19.4. The summed E-state index contributed by atoms with van der Waals surface area (Å²) in [4.78, 5) is 0. The van der Waals surface area contributed by atoms with Crippen molar-refractivity contribution < 1.29 is 18.3 Å². The summed E-state index contributed by atoms with van der Waals surface area (Å²) in [6, 6.07) is 3.78. The zero-order valence-corrected chi connectivity index (χ0v) is 16.7. The van der Waals surface area contributed by atoms with Gasteiger partial charge >= 0.3 is 0 Å². The van der Waals surface area contributed by atoms with Crippen molar-refractivity contribution in [1.29, 1.82) is 0 Å². The van der Waals surface area contributed by atoms with Crippen LogP contribution in [0, 0.1) is 11.6 Å². The molecule has 1 aromatic carbocycles. The van der Waals surface area contributed by atoms with Crippen molar-refractivity contribution >= 4 is 0 Å². The van der Waals surface area contributed by atoms with E-state index in [1.807, 2.05) is 20.8 Å². The Morgan fingerprint density at radius 1 is 1.08 bits per heavy atom. The highest BCUT2D eigenvalue weighted by Gasteiger charge is 2.28. The van der Waals surface area contributed by atoms with Gasteiger partial charge in [-0.25, -0.2) is 8.78 Å². The molecule has 2 rings (SSSR count). The molecule has 0 radical (unpaired) electrons. The molecule has 2 atom stereocenters. The fraction of sp³-hybridized carbons (Fsp3) is 0.636. The molecule has 0 spiro atoms. The molecule has 0 bridgehead atoms. The van der Waals surface area contributed by atoms with E-state index >= 15 is 0 Å². The summed E-state index contributed by atoms with van der Waals surface area (Å²) in [5.74, 6) is -1.65. The van der Waals surface area contributed by atoms with Gasteiger partial charge in [0.15, 0.2) is 17.4 Å². The third kappa shape index (κ3) is 7.06. The second kappa shape index (κ2) is 12.9. The quantitative estimate of drug-likeness (QED) is 0.333. The summed E-state index contributed by atoms with van der Waals surface area (Å²) in [6.45, 7) is 8.74. The van der Waals surface area contributed by atoms with Crippen molar-refractivity contribution in [1.82, 2.24) is 0 Å². The molecule has 2 unspecified atom stereocenters. The number of hydrogen-bond donors (Lipinski definition) is 0. The largest absolute Gasteiger partial charge is 0.477 e. The molecule has 0 saturated heterocycles. The van der Waals surface area contributed by atoms with Crippen molar-refractivity contribution in [2.45, 2.75) is 84.8 Å². The van der Waals surface area contributed by atoms with Crippen LogP contribution in [0.4, 0.5) is 8.78 Å². The van der Waals surface area contributed by atoms with E-state index in [1.165, 1.54) is 31.0 Å². The average molecular weight is 369 g/mol. The van der Waals surface area contributed by atoms with Crippen LogP contribution in [0.1, 0.15) is 72.6 Å². The van der Waals surface area contributed by atoms with E-state index in [0.29, 0.717) is 6.61 Å². The Kier molecular flexibility index (Phi) is 11.2. The standard InChI is InChI=1S/C20H28F2O2.C2H6/c1-3-4-5-8-14-23-15(2)19(16-10-6-7-11-16)24-20-17(21)12-9-13-18(20)22;1-2/h9-10,12-13,15,19H,3-8,11,14H2,1-2H3;1-2H3. The summed E-state index contributed by atoms with van der Waals surface area (Å²) in [5, 5.41) is 0. The number of unbranched alkanes of at least 4 members (excludes halogenated alkanes) is 3. The van der Waals surface area contributed by atoms with Gasteiger partial charge in [-0.15, -0.1) is 0 Å². The number of ether oxygens (including phenoxy) is 2. The molecule has 2 nitrogen and oxygen atoms in total. The predicted molar refractivity (Wildman–Crippen MR) is 104 cm³/mol. The van der Waals surface area contributed by atoms with E-state index in [0.717, 1.165) is 37.7 Å². The maximum Gasteiger partial charge on any atom is 0.191 e. The van der Waals surface area contributed by atoms with Gasteiger partial charge in [-0.2, -0.15) is 0 Å². The van der Waals surface area contributed by atoms with E-state index < -0.39 is 17.7 Å². The third-order valence-electron chi connectivity index (χ3n) is 4.41. The molecule has 0 fully saturated rings. The summed E-state index contributed by atoms with van der Waals surface area (Å²) < 4.78 is 39.5. The van der Waals surface area contributed by atoms with Crippen LogP contribution in [0.2, 0.25) is 0 Å². The topological polar surface area (TPSA) is 18.5 Å². The van der Waals surface area contributed by atoms with E-state index in [4.69, 9.17) is 9.47 Å². The maximum absolute atomic E-state index is 13.9. The number of para-hydroxylation sites is 1. The minimum atomic E-state index is -0.672. The van der Waals surface area contributed by atoms with Crippen molar-refractivity contribution in [3.8, 4) is 5.75 Å². The molecular weight excluding hydrogens is 334 g/mol. The molecule has 26 heavy (non-hydrogen) atoms. The number of allylic oxidation sites excluding steroid dienone is 1. The normalized spacial score (nSPS) is 15.7. The van der Waals surface area contributed by atoms with E-state index in [2.05, 4.69) is 13.0 Å². The van der Waals surface area contributed by atoms with Gasteiger partial charge in [0.1, 0.15) is 6.10 Å². The Morgan fingerprint density at radius 2 is 1.77 bits per heavy atom. The molecule has 148 valence electrons. The lowest BCUT2D eigenvalue weighted by molar-refractivity contribution is -0.00498. The maximum atomic E-state index is 13.9. The van der Waals surface area contributed by atoms with Crippen LogP contribution in [0.15, 0.2) is 29.8 Å². The highest BCUT2D eigenvalue weighted by Crippen LogP contribution is 2.30. The van der Waals surface area contributed by atoms with Crippen molar-refractivity contribution in [3.05, 3.63) is 41.5 Å². The van der Waals surface area contributed by atoms with Crippen LogP contribution in [0.3, 0.4) is 0 Å². The lowest BCUT2D eigenvalue weighted by Crippen LogP contribution is -2.34. The van der Waals surface area contributed by atoms with E-state index in [1.54, 1.807) is 0 Å². The average Bonchev–Trinajstić information content (AvgIpc) is 3.17. The Bertz CT molecular complexity index is 523. The number of rotatable bonds is 10. The van der Waals surface area contributed by atoms with Gasteiger partial charge in [-0.1, -0.05) is 52.2 Å². The molecule has 0 aliphatic heterocycles.